The Morgan fingerprint density at radius 1 is 1.18 bits per heavy atom. The van der Waals surface area contributed by atoms with E-state index in [9.17, 15) is 9.59 Å². The van der Waals surface area contributed by atoms with Crippen LogP contribution in [-0.4, -0.2) is 55.6 Å². The van der Waals surface area contributed by atoms with E-state index in [1.165, 1.54) is 0 Å². The molecule has 1 aromatic heterocycles. The van der Waals surface area contributed by atoms with E-state index in [1.807, 2.05) is 40.8 Å². The number of amides is 1. The molecule has 1 N–H and O–H groups in total. The van der Waals surface area contributed by atoms with Crippen molar-refractivity contribution in [1.82, 2.24) is 10.3 Å². The number of aryl methyl sites for hydroxylation is 1. The van der Waals surface area contributed by atoms with Gasteiger partial charge in [0.2, 0.25) is 5.88 Å². The Labute approximate surface area is 229 Å². The number of alkyl carbamates (subject to hydrolysis) is 1. The second-order valence-corrected chi connectivity index (χ2v) is 12.2. The topological polar surface area (TPSA) is 96.0 Å². The summed E-state index contributed by atoms with van der Waals surface area (Å²) in [5.74, 6) is 1.07. The SMILES string of the molecule is COCCCCc1cc(C[C@@H](C[C@H](NC(=O)OC(C)(C)C)[C@@H]2C[C@@H](C(C)C)C(=O)O2)C(C)C)cnc1OC. The fourth-order valence-electron chi connectivity index (χ4n) is 4.99. The molecule has 1 amide bonds. The van der Waals surface area contributed by atoms with Gasteiger partial charge in [0.1, 0.15) is 11.7 Å². The lowest BCUT2D eigenvalue weighted by Crippen LogP contribution is -2.47. The van der Waals surface area contributed by atoms with Crippen molar-refractivity contribution in [3.63, 3.8) is 0 Å². The molecule has 0 aromatic carbocycles. The first kappa shape index (κ1) is 31.9. The lowest BCUT2D eigenvalue weighted by molar-refractivity contribution is -0.146. The number of hydrogen-bond donors (Lipinski definition) is 1. The van der Waals surface area contributed by atoms with E-state index in [0.29, 0.717) is 24.6 Å². The van der Waals surface area contributed by atoms with Gasteiger partial charge in [0.15, 0.2) is 0 Å². The van der Waals surface area contributed by atoms with Gasteiger partial charge in [-0.3, -0.25) is 4.79 Å². The van der Waals surface area contributed by atoms with Crippen LogP contribution in [-0.2, 0) is 31.8 Å². The van der Waals surface area contributed by atoms with Crippen LogP contribution >= 0.6 is 0 Å². The molecule has 0 saturated carbocycles. The average Bonchev–Trinajstić information content (AvgIpc) is 3.21. The number of ether oxygens (including phenoxy) is 4. The van der Waals surface area contributed by atoms with Crippen LogP contribution in [0.15, 0.2) is 12.3 Å². The summed E-state index contributed by atoms with van der Waals surface area (Å²) in [6.45, 7) is 14.7. The van der Waals surface area contributed by atoms with Crippen LogP contribution in [0.25, 0.3) is 0 Å². The molecule has 1 aliphatic heterocycles. The number of unbranched alkanes of at least 4 members (excludes halogenated alkanes) is 1. The summed E-state index contributed by atoms with van der Waals surface area (Å²) in [7, 11) is 3.37. The maximum atomic E-state index is 12.8. The largest absolute Gasteiger partial charge is 0.481 e. The van der Waals surface area contributed by atoms with E-state index in [2.05, 4.69) is 30.2 Å². The molecule has 38 heavy (non-hydrogen) atoms. The first-order valence-corrected chi connectivity index (χ1v) is 14.0. The molecule has 4 atom stereocenters. The van der Waals surface area contributed by atoms with E-state index in [4.69, 9.17) is 18.9 Å². The van der Waals surface area contributed by atoms with Crippen molar-refractivity contribution in [3.8, 4) is 5.88 Å². The van der Waals surface area contributed by atoms with Crippen LogP contribution in [0.1, 0.15) is 85.3 Å². The number of carbonyl (C=O) groups excluding carboxylic acids is 2. The quantitative estimate of drug-likeness (QED) is 0.240. The molecule has 0 aliphatic carbocycles. The Morgan fingerprint density at radius 3 is 2.45 bits per heavy atom. The third-order valence-electron chi connectivity index (χ3n) is 7.23. The van der Waals surface area contributed by atoms with Gasteiger partial charge in [0.05, 0.1) is 19.1 Å². The Bertz CT molecular complexity index is 895. The van der Waals surface area contributed by atoms with Crippen molar-refractivity contribution in [2.75, 3.05) is 20.8 Å². The highest BCUT2D eigenvalue weighted by atomic mass is 16.6. The van der Waals surface area contributed by atoms with Gasteiger partial charge >= 0.3 is 12.1 Å². The zero-order chi connectivity index (χ0) is 28.5. The zero-order valence-electron chi connectivity index (χ0n) is 25.0. The van der Waals surface area contributed by atoms with E-state index in [0.717, 1.165) is 43.4 Å². The Morgan fingerprint density at radius 2 is 1.89 bits per heavy atom. The van der Waals surface area contributed by atoms with E-state index in [-0.39, 0.29) is 35.9 Å². The number of aromatic nitrogens is 1. The number of nitrogens with one attached hydrogen (secondary N) is 1. The minimum atomic E-state index is -0.618. The Kier molecular flexibility index (Phi) is 12.3. The van der Waals surface area contributed by atoms with Crippen LogP contribution < -0.4 is 10.1 Å². The lowest BCUT2D eigenvalue weighted by atomic mass is 9.81. The number of cyclic esters (lactones) is 1. The molecule has 1 aromatic rings. The van der Waals surface area contributed by atoms with Crippen LogP contribution in [0.5, 0.6) is 5.88 Å². The molecular weight excluding hydrogens is 484 g/mol. The molecule has 0 radical (unpaired) electrons. The molecule has 1 saturated heterocycles. The van der Waals surface area contributed by atoms with Gasteiger partial charge in [-0.2, -0.15) is 0 Å². The van der Waals surface area contributed by atoms with Gasteiger partial charge in [-0.25, -0.2) is 9.78 Å². The monoisotopic (exact) mass is 534 g/mol. The number of hydrogen-bond acceptors (Lipinski definition) is 7. The molecule has 8 heteroatoms. The number of nitrogens with zero attached hydrogens (tertiary/aromatic N) is 1. The van der Waals surface area contributed by atoms with Crippen molar-refractivity contribution < 1.29 is 28.5 Å². The van der Waals surface area contributed by atoms with Crippen molar-refractivity contribution in [1.29, 1.82) is 0 Å². The molecule has 0 spiro atoms. The summed E-state index contributed by atoms with van der Waals surface area (Å²) in [4.78, 5) is 30.0. The third-order valence-corrected chi connectivity index (χ3v) is 7.23. The van der Waals surface area contributed by atoms with Gasteiger partial charge in [0.25, 0.3) is 0 Å². The molecule has 2 rings (SSSR count). The summed E-state index contributed by atoms with van der Waals surface area (Å²) in [6.07, 6.45) is 5.91. The van der Waals surface area contributed by atoms with Gasteiger partial charge in [0, 0.05) is 25.5 Å². The normalized spacial score (nSPS) is 19.4. The number of carbonyl (C=O) groups is 2. The fourth-order valence-corrected chi connectivity index (χ4v) is 4.99. The molecule has 0 unspecified atom stereocenters. The number of methoxy groups -OCH3 is 2. The van der Waals surface area contributed by atoms with Crippen LogP contribution in [0.4, 0.5) is 4.79 Å². The minimum Gasteiger partial charge on any atom is -0.481 e. The van der Waals surface area contributed by atoms with Crippen molar-refractivity contribution >= 4 is 12.1 Å². The average molecular weight is 535 g/mol. The molecule has 2 heterocycles. The summed E-state index contributed by atoms with van der Waals surface area (Å²) < 4.78 is 22.1. The third kappa shape index (κ3) is 10.1. The lowest BCUT2D eigenvalue weighted by Gasteiger charge is -2.31. The molecule has 216 valence electrons. The van der Waals surface area contributed by atoms with E-state index >= 15 is 0 Å². The highest BCUT2D eigenvalue weighted by molar-refractivity contribution is 5.75. The Hall–Kier alpha value is -2.35. The summed E-state index contributed by atoms with van der Waals surface area (Å²) in [6, 6.07) is 1.85. The van der Waals surface area contributed by atoms with Crippen LogP contribution in [0.3, 0.4) is 0 Å². The standard InChI is InChI=1S/C30H50N2O6/c1-19(2)23(15-21-14-22(12-10-11-13-35-8)27(36-9)31-18-21)16-25(32-29(34)38-30(5,6)7)26-17-24(20(3)4)28(33)37-26/h14,18-20,23-26H,10-13,15-17H2,1-9H3,(H,32,34)/t23-,24-,25-,26-/m0/s1. The molecule has 8 nitrogen and oxygen atoms in total. The molecule has 0 bridgehead atoms. The number of rotatable bonds is 14. The summed E-state index contributed by atoms with van der Waals surface area (Å²) in [5.41, 5.74) is 1.61. The number of pyridine rings is 1. The highest BCUT2D eigenvalue weighted by Crippen LogP contribution is 2.33. The molecular formula is C30H50N2O6. The van der Waals surface area contributed by atoms with Crippen LogP contribution in [0, 0.1) is 23.7 Å². The first-order chi connectivity index (χ1) is 17.8. The maximum absolute atomic E-state index is 12.8. The van der Waals surface area contributed by atoms with Crippen molar-refractivity contribution in [2.45, 2.75) is 105 Å². The minimum absolute atomic E-state index is 0.160. The van der Waals surface area contributed by atoms with Gasteiger partial charge in [-0.05, 0) is 88.7 Å². The second-order valence-electron chi connectivity index (χ2n) is 12.2. The zero-order valence-corrected chi connectivity index (χ0v) is 25.0. The predicted molar refractivity (Wildman–Crippen MR) is 148 cm³/mol. The molecule has 1 fully saturated rings. The van der Waals surface area contributed by atoms with Gasteiger partial charge < -0.3 is 24.3 Å². The van der Waals surface area contributed by atoms with Gasteiger partial charge in [-0.1, -0.05) is 27.7 Å². The van der Waals surface area contributed by atoms with Gasteiger partial charge in [-0.15, -0.1) is 0 Å². The maximum Gasteiger partial charge on any atom is 0.408 e. The summed E-state index contributed by atoms with van der Waals surface area (Å²) >= 11 is 0. The Balaban J connectivity index is 2.23. The highest BCUT2D eigenvalue weighted by Gasteiger charge is 2.42. The smallest absolute Gasteiger partial charge is 0.408 e. The first-order valence-electron chi connectivity index (χ1n) is 14.0. The molecule has 1 aliphatic rings. The predicted octanol–water partition coefficient (Wildman–Crippen LogP) is 5.75. The van der Waals surface area contributed by atoms with Crippen LogP contribution in [0.2, 0.25) is 0 Å². The number of esters is 1. The van der Waals surface area contributed by atoms with E-state index in [1.54, 1.807) is 14.2 Å². The van der Waals surface area contributed by atoms with E-state index < -0.39 is 11.7 Å². The van der Waals surface area contributed by atoms with Crippen molar-refractivity contribution in [2.24, 2.45) is 23.7 Å². The fraction of sp³-hybridized carbons (Fsp3) is 0.767. The summed E-state index contributed by atoms with van der Waals surface area (Å²) in [5, 5.41) is 3.05. The second kappa shape index (κ2) is 14.7. The van der Waals surface area contributed by atoms with Crippen molar-refractivity contribution in [3.05, 3.63) is 23.4 Å².